The molecule has 0 amide bonds. The fourth-order valence-corrected chi connectivity index (χ4v) is 2.27. The van der Waals surface area contributed by atoms with Gasteiger partial charge >= 0.3 is 11.6 Å². The Balaban J connectivity index is 1.96. The van der Waals surface area contributed by atoms with E-state index in [0.717, 1.165) is 5.39 Å². The van der Waals surface area contributed by atoms with Gasteiger partial charge in [-0.05, 0) is 29.8 Å². The van der Waals surface area contributed by atoms with Crippen LogP contribution < -0.4 is 5.63 Å². The van der Waals surface area contributed by atoms with E-state index in [2.05, 4.69) is 6.58 Å². The summed E-state index contributed by atoms with van der Waals surface area (Å²) in [6, 6.07) is 15.7. The number of carbonyl (C=O) groups is 1. The highest BCUT2D eigenvalue weighted by Crippen LogP contribution is 2.21. The van der Waals surface area contributed by atoms with Crippen molar-refractivity contribution < 1.29 is 13.9 Å². The molecular formula is C19H14O4. The fourth-order valence-electron chi connectivity index (χ4n) is 2.27. The van der Waals surface area contributed by atoms with E-state index in [0.29, 0.717) is 22.3 Å². The number of fused-ring (bicyclic) bond motifs is 1. The highest BCUT2D eigenvalue weighted by Gasteiger charge is 2.10. The van der Waals surface area contributed by atoms with E-state index >= 15 is 0 Å². The minimum atomic E-state index is -0.429. The Labute approximate surface area is 132 Å². The van der Waals surface area contributed by atoms with Crippen LogP contribution in [0.4, 0.5) is 0 Å². The van der Waals surface area contributed by atoms with Crippen LogP contribution in [0, 0.1) is 0 Å². The number of esters is 1. The predicted octanol–water partition coefficient (Wildman–Crippen LogP) is 3.80. The summed E-state index contributed by atoms with van der Waals surface area (Å²) < 4.78 is 10.3. The van der Waals surface area contributed by atoms with Crippen molar-refractivity contribution in [2.45, 2.75) is 0 Å². The molecule has 0 unspecified atom stereocenters. The minimum Gasteiger partial charge on any atom is -0.458 e. The van der Waals surface area contributed by atoms with E-state index in [-0.39, 0.29) is 6.61 Å². The molecule has 0 radical (unpaired) electrons. The van der Waals surface area contributed by atoms with E-state index in [1.54, 1.807) is 36.4 Å². The summed E-state index contributed by atoms with van der Waals surface area (Å²) in [5, 5.41) is 0.844. The number of rotatable bonds is 4. The molecule has 4 nitrogen and oxygen atoms in total. The summed E-state index contributed by atoms with van der Waals surface area (Å²) in [6.07, 6.45) is 1.51. The molecule has 2 aromatic carbocycles. The molecule has 0 aliphatic rings. The topological polar surface area (TPSA) is 56.5 Å². The zero-order chi connectivity index (χ0) is 16.2. The molecule has 0 saturated carbocycles. The van der Waals surface area contributed by atoms with Gasteiger partial charge in [0, 0.05) is 5.39 Å². The van der Waals surface area contributed by atoms with Crippen molar-refractivity contribution >= 4 is 16.9 Å². The second-order valence-corrected chi connectivity index (χ2v) is 4.95. The zero-order valence-corrected chi connectivity index (χ0v) is 12.3. The normalized spacial score (nSPS) is 10.4. The molecule has 1 heterocycles. The smallest absolute Gasteiger partial charge is 0.344 e. The lowest BCUT2D eigenvalue weighted by Gasteiger charge is -2.05. The molecule has 0 atom stereocenters. The molecule has 0 bridgehead atoms. The number of para-hydroxylation sites is 1. The van der Waals surface area contributed by atoms with E-state index in [4.69, 9.17) is 9.15 Å². The number of carbonyl (C=O) groups excluding carboxylic acids is 1. The van der Waals surface area contributed by atoms with Gasteiger partial charge in [-0.15, -0.1) is 0 Å². The third-order valence-corrected chi connectivity index (χ3v) is 3.41. The predicted molar refractivity (Wildman–Crippen MR) is 88.4 cm³/mol. The summed E-state index contributed by atoms with van der Waals surface area (Å²) in [6.45, 7) is 3.65. The van der Waals surface area contributed by atoms with Gasteiger partial charge in [0.25, 0.3) is 0 Å². The standard InChI is InChI=1S/C19H14O4/c1-2-11-22-18(20)14-9-7-13(8-10-14)16-12-15-5-3-4-6-17(15)23-19(16)21/h2-10,12H,1,11H2. The van der Waals surface area contributed by atoms with E-state index in [9.17, 15) is 9.59 Å². The lowest BCUT2D eigenvalue weighted by Crippen LogP contribution is -2.06. The van der Waals surface area contributed by atoms with Crippen LogP contribution in [-0.4, -0.2) is 12.6 Å². The molecule has 0 spiro atoms. The van der Waals surface area contributed by atoms with Crippen LogP contribution in [0.3, 0.4) is 0 Å². The highest BCUT2D eigenvalue weighted by molar-refractivity contribution is 5.90. The van der Waals surface area contributed by atoms with E-state index in [1.165, 1.54) is 6.08 Å². The largest absolute Gasteiger partial charge is 0.458 e. The Bertz CT molecular complexity index is 920. The fraction of sp³-hybridized carbons (Fsp3) is 0.0526. The second kappa shape index (κ2) is 6.32. The Kier molecular flexibility index (Phi) is 4.06. The summed E-state index contributed by atoms with van der Waals surface area (Å²) in [4.78, 5) is 23.9. The second-order valence-electron chi connectivity index (χ2n) is 4.95. The minimum absolute atomic E-state index is 0.162. The average molecular weight is 306 g/mol. The van der Waals surface area contributed by atoms with Gasteiger partial charge in [0.15, 0.2) is 0 Å². The van der Waals surface area contributed by atoms with Gasteiger partial charge in [0.2, 0.25) is 0 Å². The summed E-state index contributed by atoms with van der Waals surface area (Å²) >= 11 is 0. The van der Waals surface area contributed by atoms with Crippen molar-refractivity contribution in [3.8, 4) is 11.1 Å². The third-order valence-electron chi connectivity index (χ3n) is 3.41. The number of benzene rings is 2. The first-order valence-electron chi connectivity index (χ1n) is 7.10. The van der Waals surface area contributed by atoms with Crippen LogP contribution in [-0.2, 0) is 4.74 Å². The molecule has 4 heteroatoms. The average Bonchev–Trinajstić information content (AvgIpc) is 2.59. The van der Waals surface area contributed by atoms with Crippen LogP contribution in [0.15, 0.2) is 76.5 Å². The molecule has 0 aliphatic carbocycles. The van der Waals surface area contributed by atoms with Crippen LogP contribution in [0.25, 0.3) is 22.1 Å². The first-order chi connectivity index (χ1) is 11.2. The Morgan fingerprint density at radius 1 is 1.13 bits per heavy atom. The van der Waals surface area contributed by atoms with Gasteiger partial charge in [-0.25, -0.2) is 9.59 Å². The maximum Gasteiger partial charge on any atom is 0.344 e. The van der Waals surface area contributed by atoms with Gasteiger partial charge in [-0.3, -0.25) is 0 Å². The van der Waals surface area contributed by atoms with Gasteiger partial charge in [0.1, 0.15) is 12.2 Å². The molecule has 0 fully saturated rings. The van der Waals surface area contributed by atoms with E-state index < -0.39 is 11.6 Å². The molecule has 23 heavy (non-hydrogen) atoms. The third kappa shape index (κ3) is 3.06. The molecule has 0 aliphatic heterocycles. The highest BCUT2D eigenvalue weighted by atomic mass is 16.5. The maximum absolute atomic E-state index is 12.1. The van der Waals surface area contributed by atoms with Crippen LogP contribution in [0.5, 0.6) is 0 Å². The SMILES string of the molecule is C=CCOC(=O)c1ccc(-c2cc3ccccc3oc2=O)cc1. The van der Waals surface area contributed by atoms with Crippen LogP contribution >= 0.6 is 0 Å². The molecule has 3 aromatic rings. The van der Waals surface area contributed by atoms with Crippen LogP contribution in [0.1, 0.15) is 10.4 Å². The molecule has 114 valence electrons. The summed E-state index contributed by atoms with van der Waals surface area (Å²) in [5.74, 6) is -0.429. The Hall–Kier alpha value is -3.14. The molecule has 3 rings (SSSR count). The monoisotopic (exact) mass is 306 g/mol. The molecule has 0 N–H and O–H groups in total. The first kappa shape index (κ1) is 14.8. The van der Waals surface area contributed by atoms with Crippen molar-refractivity contribution in [2.75, 3.05) is 6.61 Å². The Morgan fingerprint density at radius 3 is 2.61 bits per heavy atom. The van der Waals surface area contributed by atoms with Crippen molar-refractivity contribution in [1.82, 2.24) is 0 Å². The van der Waals surface area contributed by atoms with Crippen molar-refractivity contribution in [3.05, 3.63) is 83.2 Å². The molecule has 1 aromatic heterocycles. The van der Waals surface area contributed by atoms with Crippen molar-refractivity contribution in [3.63, 3.8) is 0 Å². The number of ether oxygens (including phenoxy) is 1. The van der Waals surface area contributed by atoms with Crippen molar-refractivity contribution in [2.24, 2.45) is 0 Å². The summed E-state index contributed by atoms with van der Waals surface area (Å²) in [5.41, 5.74) is 1.69. The first-order valence-corrected chi connectivity index (χ1v) is 7.10. The number of hydrogen-bond acceptors (Lipinski definition) is 4. The molecular weight excluding hydrogens is 292 g/mol. The maximum atomic E-state index is 12.1. The summed E-state index contributed by atoms with van der Waals surface area (Å²) in [7, 11) is 0. The lowest BCUT2D eigenvalue weighted by molar-refractivity contribution is 0.0550. The van der Waals surface area contributed by atoms with Crippen LogP contribution in [0.2, 0.25) is 0 Å². The zero-order valence-electron chi connectivity index (χ0n) is 12.3. The quantitative estimate of drug-likeness (QED) is 0.418. The Morgan fingerprint density at radius 2 is 1.87 bits per heavy atom. The van der Waals surface area contributed by atoms with Gasteiger partial charge in [0.05, 0.1) is 11.1 Å². The lowest BCUT2D eigenvalue weighted by atomic mass is 10.0. The van der Waals surface area contributed by atoms with Gasteiger partial charge < -0.3 is 9.15 Å². The van der Waals surface area contributed by atoms with E-state index in [1.807, 2.05) is 18.2 Å². The molecule has 0 saturated heterocycles. The van der Waals surface area contributed by atoms with Gasteiger partial charge in [-0.2, -0.15) is 0 Å². The van der Waals surface area contributed by atoms with Crippen molar-refractivity contribution in [1.29, 1.82) is 0 Å². The van der Waals surface area contributed by atoms with Gasteiger partial charge in [-0.1, -0.05) is 43.0 Å². The number of hydrogen-bond donors (Lipinski definition) is 0.